The predicted octanol–water partition coefficient (Wildman–Crippen LogP) is 3.27. The zero-order valence-corrected chi connectivity index (χ0v) is 19.4. The van der Waals surface area contributed by atoms with Crippen LogP contribution in [0.5, 0.6) is 0 Å². The van der Waals surface area contributed by atoms with E-state index in [9.17, 15) is 9.59 Å². The summed E-state index contributed by atoms with van der Waals surface area (Å²) < 4.78 is 2.06. The quantitative estimate of drug-likeness (QED) is 0.610. The normalized spacial score (nSPS) is 16.5. The molecule has 2 aliphatic rings. The fourth-order valence-corrected chi connectivity index (χ4v) is 5.37. The molecule has 7 nitrogen and oxygen atoms in total. The van der Waals surface area contributed by atoms with Gasteiger partial charge in [-0.25, -0.2) is 4.98 Å². The zero-order valence-electron chi connectivity index (χ0n) is 18.6. The monoisotopic (exact) mass is 461 g/mol. The summed E-state index contributed by atoms with van der Waals surface area (Å²) in [4.78, 5) is 34.5. The van der Waals surface area contributed by atoms with Gasteiger partial charge in [-0.15, -0.1) is 0 Å². The van der Waals surface area contributed by atoms with Crippen LogP contribution in [-0.4, -0.2) is 59.3 Å². The molecule has 2 aromatic heterocycles. The summed E-state index contributed by atoms with van der Waals surface area (Å²) in [6.45, 7) is 2.82. The highest BCUT2D eigenvalue weighted by Gasteiger charge is 2.24. The first-order valence-corrected chi connectivity index (χ1v) is 12.1. The Hall–Kier alpha value is -3.10. The lowest BCUT2D eigenvalue weighted by Crippen LogP contribution is -2.44. The molecule has 170 valence electrons. The Labute approximate surface area is 197 Å². The summed E-state index contributed by atoms with van der Waals surface area (Å²) in [6, 6.07) is 15.7. The van der Waals surface area contributed by atoms with Crippen LogP contribution < -0.4 is 10.2 Å². The van der Waals surface area contributed by atoms with Gasteiger partial charge in [-0.05, 0) is 62.2 Å². The second-order valence-corrected chi connectivity index (χ2v) is 9.63. The van der Waals surface area contributed by atoms with Crippen LogP contribution in [0, 0.1) is 5.92 Å². The number of thioether (sulfide) groups is 1. The molecule has 33 heavy (non-hydrogen) atoms. The van der Waals surface area contributed by atoms with Crippen molar-refractivity contribution in [3.63, 3.8) is 0 Å². The van der Waals surface area contributed by atoms with E-state index >= 15 is 0 Å². The average molecular weight is 462 g/mol. The summed E-state index contributed by atoms with van der Waals surface area (Å²) in [7, 11) is 1.82. The van der Waals surface area contributed by atoms with Gasteiger partial charge in [-0.2, -0.15) is 0 Å². The molecule has 0 aliphatic carbocycles. The lowest BCUT2D eigenvalue weighted by molar-refractivity contribution is -0.119. The number of pyridine rings is 1. The first-order valence-electron chi connectivity index (χ1n) is 11.3. The van der Waals surface area contributed by atoms with Gasteiger partial charge in [0.15, 0.2) is 0 Å². The smallest absolute Gasteiger partial charge is 0.258 e. The third-order valence-electron chi connectivity index (χ3n) is 6.37. The number of rotatable bonds is 6. The van der Waals surface area contributed by atoms with Crippen molar-refractivity contribution in [3.8, 4) is 0 Å². The fourth-order valence-electron chi connectivity index (χ4n) is 4.36. The van der Waals surface area contributed by atoms with Gasteiger partial charge >= 0.3 is 0 Å². The van der Waals surface area contributed by atoms with Crippen LogP contribution in [-0.2, 0) is 9.59 Å². The van der Waals surface area contributed by atoms with E-state index in [0.29, 0.717) is 23.9 Å². The Kier molecular flexibility index (Phi) is 6.20. The van der Waals surface area contributed by atoms with Crippen LogP contribution in [0.25, 0.3) is 11.7 Å². The van der Waals surface area contributed by atoms with Crippen LogP contribution in [0.15, 0.2) is 64.7 Å². The number of anilines is 1. The second kappa shape index (κ2) is 9.41. The van der Waals surface area contributed by atoms with Gasteiger partial charge in [0, 0.05) is 19.3 Å². The van der Waals surface area contributed by atoms with Crippen LogP contribution in [0.4, 0.5) is 5.69 Å². The van der Waals surface area contributed by atoms with E-state index < -0.39 is 0 Å². The number of likely N-dealkylation sites (tertiary alicyclic amines) is 1. The molecule has 2 amide bonds. The Morgan fingerprint density at radius 3 is 2.70 bits per heavy atom. The largest absolute Gasteiger partial charge is 0.351 e. The molecular weight excluding hydrogens is 434 g/mol. The molecule has 5 rings (SSSR count). The topological polar surface area (TPSA) is 70.0 Å². The molecule has 0 radical (unpaired) electrons. The van der Waals surface area contributed by atoms with Gasteiger partial charge < -0.3 is 10.2 Å². The van der Waals surface area contributed by atoms with Crippen molar-refractivity contribution < 1.29 is 9.59 Å². The molecule has 8 heteroatoms. The molecule has 4 heterocycles. The molecule has 1 fully saturated rings. The number of nitrogens with one attached hydrogen (secondary N) is 1. The van der Waals surface area contributed by atoms with E-state index in [2.05, 4.69) is 19.6 Å². The van der Waals surface area contributed by atoms with E-state index in [1.54, 1.807) is 11.1 Å². The van der Waals surface area contributed by atoms with Crippen molar-refractivity contribution in [1.82, 2.24) is 19.6 Å². The van der Waals surface area contributed by atoms with Crippen molar-refractivity contribution in [3.05, 3.63) is 65.3 Å². The second-order valence-electron chi connectivity index (χ2n) is 8.57. The van der Waals surface area contributed by atoms with Crippen LogP contribution in [0.1, 0.15) is 18.5 Å². The number of nitrogens with zero attached hydrogens (tertiary/aromatic N) is 4. The number of imidazole rings is 1. The van der Waals surface area contributed by atoms with Crippen molar-refractivity contribution >= 4 is 41.0 Å². The molecule has 0 atom stereocenters. The van der Waals surface area contributed by atoms with Crippen LogP contribution in [0.3, 0.4) is 0 Å². The number of carbonyl (C=O) groups excluding carboxylic acids is 2. The van der Waals surface area contributed by atoms with E-state index in [0.717, 1.165) is 48.0 Å². The summed E-state index contributed by atoms with van der Waals surface area (Å²) in [6.07, 6.45) is 5.66. The molecule has 0 unspecified atom stereocenters. The molecule has 1 N–H and O–H groups in total. The fraction of sp³-hybridized carbons (Fsp3) is 0.320. The highest BCUT2D eigenvalue weighted by Crippen LogP contribution is 2.34. The minimum absolute atomic E-state index is 0.0356. The number of hydrogen-bond donors (Lipinski definition) is 1. The van der Waals surface area contributed by atoms with E-state index in [1.165, 1.54) is 11.8 Å². The Morgan fingerprint density at radius 1 is 1.12 bits per heavy atom. The van der Waals surface area contributed by atoms with Gasteiger partial charge in [0.05, 0.1) is 28.4 Å². The molecular formula is C25H27N5O2S. The maximum atomic E-state index is 12.8. The van der Waals surface area contributed by atoms with Crippen molar-refractivity contribution in [2.75, 3.05) is 38.1 Å². The number of likely N-dealkylation sites (N-methyl/N-ethyl adjacent to an activating group) is 1. The number of benzene rings is 1. The number of para-hydroxylation sites is 1. The SMILES string of the molecule is CN(C(=O)CN1CCC(CNC(=O)C2=Cc3cnc4cccc(n34)S2)CC1)c1ccccc1. The Morgan fingerprint density at radius 2 is 1.91 bits per heavy atom. The molecule has 1 saturated heterocycles. The summed E-state index contributed by atoms with van der Waals surface area (Å²) in [5, 5.41) is 4.13. The molecule has 0 saturated carbocycles. The van der Waals surface area contributed by atoms with Gasteiger partial charge in [0.1, 0.15) is 5.65 Å². The third-order valence-corrected chi connectivity index (χ3v) is 7.42. The van der Waals surface area contributed by atoms with Gasteiger partial charge in [0.25, 0.3) is 5.91 Å². The minimum atomic E-state index is -0.0356. The maximum absolute atomic E-state index is 12.8. The average Bonchev–Trinajstić information content (AvgIpc) is 3.28. The lowest BCUT2D eigenvalue weighted by Gasteiger charge is -2.32. The van der Waals surface area contributed by atoms with Crippen molar-refractivity contribution in [2.24, 2.45) is 5.92 Å². The van der Waals surface area contributed by atoms with Gasteiger partial charge in [0.2, 0.25) is 5.91 Å². The zero-order chi connectivity index (χ0) is 22.8. The summed E-state index contributed by atoms with van der Waals surface area (Å²) >= 11 is 1.48. The summed E-state index contributed by atoms with van der Waals surface area (Å²) in [5.74, 6) is 0.491. The minimum Gasteiger partial charge on any atom is -0.351 e. The van der Waals surface area contributed by atoms with Crippen LogP contribution in [0.2, 0.25) is 0 Å². The molecule has 2 aliphatic heterocycles. The number of aromatic nitrogens is 2. The number of hydrogen-bond acceptors (Lipinski definition) is 5. The molecule has 0 spiro atoms. The lowest BCUT2D eigenvalue weighted by atomic mass is 9.96. The summed E-state index contributed by atoms with van der Waals surface area (Å²) in [5.41, 5.74) is 2.74. The molecule has 3 aromatic rings. The first-order chi connectivity index (χ1) is 16.1. The van der Waals surface area contributed by atoms with E-state index in [1.807, 2.05) is 61.7 Å². The number of piperidine rings is 1. The standard InChI is InChI=1S/C25H27N5O2S/c1-28(19-6-3-2-4-7-19)23(31)17-29-12-10-18(11-13-29)15-27-25(32)21-14-20-16-26-22-8-5-9-24(33-21)30(20)22/h2-9,14,16,18H,10-13,15,17H2,1H3,(H,27,32). The third kappa shape index (κ3) is 4.67. The van der Waals surface area contributed by atoms with Gasteiger partial charge in [-0.3, -0.25) is 18.9 Å². The van der Waals surface area contributed by atoms with E-state index in [-0.39, 0.29) is 11.8 Å². The number of amides is 2. The van der Waals surface area contributed by atoms with Gasteiger partial charge in [-0.1, -0.05) is 36.0 Å². The van der Waals surface area contributed by atoms with Crippen molar-refractivity contribution in [1.29, 1.82) is 0 Å². The molecule has 0 bridgehead atoms. The van der Waals surface area contributed by atoms with E-state index in [4.69, 9.17) is 0 Å². The number of carbonyl (C=O) groups is 2. The highest BCUT2D eigenvalue weighted by atomic mass is 32.2. The Bertz CT molecular complexity index is 1200. The first kappa shape index (κ1) is 21.7. The Balaban J connectivity index is 1.09. The highest BCUT2D eigenvalue weighted by molar-refractivity contribution is 8.04. The van der Waals surface area contributed by atoms with Crippen molar-refractivity contribution in [2.45, 2.75) is 17.9 Å². The molecule has 1 aromatic carbocycles. The maximum Gasteiger partial charge on any atom is 0.258 e. The van der Waals surface area contributed by atoms with Crippen LogP contribution >= 0.6 is 11.8 Å². The predicted molar refractivity (Wildman–Crippen MR) is 131 cm³/mol.